The van der Waals surface area contributed by atoms with Gasteiger partial charge in [0.15, 0.2) is 12.1 Å². The summed E-state index contributed by atoms with van der Waals surface area (Å²) in [6.45, 7) is 6.28. The van der Waals surface area contributed by atoms with Crippen LogP contribution >= 0.6 is 0 Å². The predicted octanol–water partition coefficient (Wildman–Crippen LogP) is 0.934. The lowest BCUT2D eigenvalue weighted by Gasteiger charge is -2.43. The largest absolute Gasteiger partial charge is 0.393 e. The summed E-state index contributed by atoms with van der Waals surface area (Å²) in [4.78, 5) is 0. The van der Waals surface area contributed by atoms with E-state index in [4.69, 9.17) is 18.9 Å². The number of hydrogen-bond acceptors (Lipinski definition) is 6. The molecule has 2 heterocycles. The van der Waals surface area contributed by atoms with Crippen LogP contribution in [0.2, 0.25) is 0 Å². The maximum Gasteiger partial charge on any atom is 0.190 e. The van der Waals surface area contributed by atoms with E-state index >= 15 is 0 Å². The molecule has 6 heteroatoms. The third-order valence-electron chi connectivity index (χ3n) is 4.56. The Morgan fingerprint density at radius 2 is 2.00 bits per heavy atom. The van der Waals surface area contributed by atoms with E-state index in [1.54, 1.807) is 13.8 Å². The molecule has 1 aliphatic carbocycles. The van der Waals surface area contributed by atoms with Gasteiger partial charge < -0.3 is 29.2 Å². The second-order valence-corrected chi connectivity index (χ2v) is 6.83. The summed E-state index contributed by atoms with van der Waals surface area (Å²) < 4.78 is 23.2. The SMILES string of the molecule is CCCCO[C@H]1C[C@@H](O)C[C@@]2(O)[C@H]3OC(C)(C)O[C@H]3O[C@@H]12. The quantitative estimate of drug-likeness (QED) is 0.753. The summed E-state index contributed by atoms with van der Waals surface area (Å²) in [6, 6.07) is 0. The molecule has 0 unspecified atom stereocenters. The zero-order valence-corrected chi connectivity index (χ0v) is 12.9. The molecule has 0 bridgehead atoms. The molecule has 3 aliphatic rings. The van der Waals surface area contributed by atoms with Crippen molar-refractivity contribution >= 4 is 0 Å². The minimum Gasteiger partial charge on any atom is -0.393 e. The smallest absolute Gasteiger partial charge is 0.190 e. The molecule has 6 nitrogen and oxygen atoms in total. The first-order chi connectivity index (χ1) is 9.86. The van der Waals surface area contributed by atoms with E-state index in [-0.39, 0.29) is 12.5 Å². The first-order valence-corrected chi connectivity index (χ1v) is 7.89. The lowest BCUT2D eigenvalue weighted by molar-refractivity contribution is -0.260. The van der Waals surface area contributed by atoms with Crippen LogP contribution in [-0.4, -0.2) is 58.9 Å². The molecule has 0 aromatic heterocycles. The normalized spacial score (nSPS) is 48.1. The van der Waals surface area contributed by atoms with Crippen molar-refractivity contribution < 1.29 is 29.2 Å². The molecule has 122 valence electrons. The van der Waals surface area contributed by atoms with Crippen LogP contribution < -0.4 is 0 Å². The maximum absolute atomic E-state index is 11.0. The Balaban J connectivity index is 1.75. The van der Waals surface area contributed by atoms with Gasteiger partial charge in [-0.15, -0.1) is 0 Å². The highest BCUT2D eigenvalue weighted by molar-refractivity contribution is 5.11. The molecule has 21 heavy (non-hydrogen) atoms. The molecule has 0 aromatic carbocycles. The van der Waals surface area contributed by atoms with Gasteiger partial charge in [0.1, 0.15) is 17.8 Å². The van der Waals surface area contributed by atoms with Gasteiger partial charge in [0.2, 0.25) is 0 Å². The summed E-state index contributed by atoms with van der Waals surface area (Å²) in [5.74, 6) is -0.781. The predicted molar refractivity (Wildman–Crippen MR) is 73.5 cm³/mol. The van der Waals surface area contributed by atoms with E-state index in [2.05, 4.69) is 6.92 Å². The first-order valence-electron chi connectivity index (χ1n) is 7.89. The molecular formula is C15H26O6. The first kappa shape index (κ1) is 15.6. The van der Waals surface area contributed by atoms with E-state index < -0.39 is 36.0 Å². The Kier molecular flexibility index (Phi) is 4.05. The standard InChI is InChI=1S/C15H26O6/c1-4-5-6-18-10-7-9(16)8-15(17)11(10)19-13-12(15)20-14(2,3)21-13/h9-13,16-17H,4-8H2,1-3H3/t9-,10+,11+,12+,13-,15+/m1/s1. The lowest BCUT2D eigenvalue weighted by atomic mass is 9.77. The van der Waals surface area contributed by atoms with Gasteiger partial charge in [-0.05, 0) is 20.3 Å². The number of unbranched alkanes of at least 4 members (excludes halogenated alkanes) is 1. The fraction of sp³-hybridized carbons (Fsp3) is 1.00. The Hall–Kier alpha value is -0.240. The van der Waals surface area contributed by atoms with Gasteiger partial charge in [0.25, 0.3) is 0 Å². The third-order valence-corrected chi connectivity index (χ3v) is 4.56. The van der Waals surface area contributed by atoms with Crippen LogP contribution in [0.3, 0.4) is 0 Å². The van der Waals surface area contributed by atoms with Gasteiger partial charge in [0, 0.05) is 19.4 Å². The Morgan fingerprint density at radius 3 is 2.71 bits per heavy atom. The molecule has 2 N–H and O–H groups in total. The van der Waals surface area contributed by atoms with E-state index in [1.165, 1.54) is 0 Å². The zero-order chi connectivity index (χ0) is 15.3. The molecule has 1 saturated carbocycles. The Bertz CT molecular complexity index is 386. The summed E-state index contributed by atoms with van der Waals surface area (Å²) in [6.07, 6.45) is 0.0530. The van der Waals surface area contributed by atoms with Gasteiger partial charge in [-0.2, -0.15) is 0 Å². The van der Waals surface area contributed by atoms with Gasteiger partial charge >= 0.3 is 0 Å². The van der Waals surface area contributed by atoms with Crippen molar-refractivity contribution in [2.24, 2.45) is 0 Å². The molecule has 0 radical (unpaired) electrons. The van der Waals surface area contributed by atoms with Crippen molar-refractivity contribution in [2.75, 3.05) is 6.61 Å². The van der Waals surface area contributed by atoms with E-state index in [0.29, 0.717) is 13.0 Å². The van der Waals surface area contributed by atoms with Gasteiger partial charge in [-0.25, -0.2) is 0 Å². The van der Waals surface area contributed by atoms with Gasteiger partial charge in [-0.3, -0.25) is 0 Å². The second-order valence-electron chi connectivity index (χ2n) is 6.83. The Labute approximate surface area is 125 Å². The van der Waals surface area contributed by atoms with E-state index in [9.17, 15) is 10.2 Å². The highest BCUT2D eigenvalue weighted by Crippen LogP contribution is 2.49. The number of hydrogen-bond donors (Lipinski definition) is 2. The zero-order valence-electron chi connectivity index (χ0n) is 12.9. The van der Waals surface area contributed by atoms with Crippen molar-refractivity contribution in [3.63, 3.8) is 0 Å². The van der Waals surface area contributed by atoms with E-state index in [0.717, 1.165) is 12.8 Å². The number of rotatable bonds is 4. The molecule has 0 amide bonds. The van der Waals surface area contributed by atoms with Crippen LogP contribution in [0.15, 0.2) is 0 Å². The minimum atomic E-state index is -1.26. The number of ether oxygens (including phenoxy) is 4. The van der Waals surface area contributed by atoms with Crippen molar-refractivity contribution in [2.45, 2.75) is 88.5 Å². The van der Waals surface area contributed by atoms with Crippen LogP contribution in [0.25, 0.3) is 0 Å². The summed E-state index contributed by atoms with van der Waals surface area (Å²) in [5.41, 5.74) is -1.26. The lowest BCUT2D eigenvalue weighted by Crippen LogP contribution is -2.59. The molecule has 0 aromatic rings. The third kappa shape index (κ3) is 2.73. The number of aliphatic hydroxyl groups excluding tert-OH is 1. The molecule has 6 atom stereocenters. The summed E-state index contributed by atoms with van der Waals surface area (Å²) >= 11 is 0. The minimum absolute atomic E-state index is 0.228. The van der Waals surface area contributed by atoms with Crippen molar-refractivity contribution in [3.8, 4) is 0 Å². The number of fused-ring (bicyclic) bond motifs is 3. The maximum atomic E-state index is 11.0. The summed E-state index contributed by atoms with van der Waals surface area (Å²) in [5, 5.41) is 21.1. The van der Waals surface area contributed by atoms with Crippen LogP contribution in [0.5, 0.6) is 0 Å². The van der Waals surface area contributed by atoms with Crippen molar-refractivity contribution in [1.29, 1.82) is 0 Å². The molecule has 2 saturated heterocycles. The fourth-order valence-corrected chi connectivity index (χ4v) is 3.62. The van der Waals surface area contributed by atoms with Crippen molar-refractivity contribution in [1.82, 2.24) is 0 Å². The average Bonchev–Trinajstić information content (AvgIpc) is 2.81. The Morgan fingerprint density at radius 1 is 1.24 bits per heavy atom. The van der Waals surface area contributed by atoms with Crippen LogP contribution in [0.4, 0.5) is 0 Å². The fourth-order valence-electron chi connectivity index (χ4n) is 3.62. The monoisotopic (exact) mass is 302 g/mol. The van der Waals surface area contributed by atoms with E-state index in [1.807, 2.05) is 0 Å². The highest BCUT2D eigenvalue weighted by Gasteiger charge is 2.66. The van der Waals surface area contributed by atoms with Crippen molar-refractivity contribution in [3.05, 3.63) is 0 Å². The molecule has 0 spiro atoms. The van der Waals surface area contributed by atoms with Crippen LogP contribution in [0, 0.1) is 0 Å². The van der Waals surface area contributed by atoms with Crippen LogP contribution in [-0.2, 0) is 18.9 Å². The van der Waals surface area contributed by atoms with Gasteiger partial charge in [-0.1, -0.05) is 13.3 Å². The average molecular weight is 302 g/mol. The molecular weight excluding hydrogens is 276 g/mol. The summed E-state index contributed by atoms with van der Waals surface area (Å²) in [7, 11) is 0. The highest BCUT2D eigenvalue weighted by atomic mass is 16.8. The van der Waals surface area contributed by atoms with Gasteiger partial charge in [0.05, 0.1) is 12.2 Å². The van der Waals surface area contributed by atoms with Crippen LogP contribution in [0.1, 0.15) is 46.5 Å². The topological polar surface area (TPSA) is 77.4 Å². The molecule has 3 rings (SSSR count). The second kappa shape index (κ2) is 5.44. The molecule has 3 fully saturated rings. The molecule has 2 aliphatic heterocycles. The number of aliphatic hydroxyl groups is 2.